The van der Waals surface area contributed by atoms with E-state index >= 15 is 0 Å². The van der Waals surface area contributed by atoms with E-state index in [0.29, 0.717) is 41.7 Å². The molecular weight excluding hydrogens is 423 g/mol. The number of nitrogens with zero attached hydrogens (tertiary/aromatic N) is 3. The van der Waals surface area contributed by atoms with Gasteiger partial charge in [0.15, 0.2) is 0 Å². The van der Waals surface area contributed by atoms with Gasteiger partial charge in [0.2, 0.25) is 0 Å². The third-order valence-electron chi connectivity index (χ3n) is 5.15. The van der Waals surface area contributed by atoms with Crippen molar-refractivity contribution in [2.24, 2.45) is 0 Å². The van der Waals surface area contributed by atoms with E-state index < -0.39 is 0 Å². The van der Waals surface area contributed by atoms with Crippen LogP contribution in [0.1, 0.15) is 17.3 Å². The van der Waals surface area contributed by atoms with Gasteiger partial charge in [-0.3, -0.25) is 9.89 Å². The van der Waals surface area contributed by atoms with Crippen LogP contribution in [0.5, 0.6) is 5.75 Å². The van der Waals surface area contributed by atoms with Crippen LogP contribution >= 0.6 is 23.2 Å². The molecular formula is C22H22Cl2N4O2. The minimum atomic E-state index is -0.0532. The van der Waals surface area contributed by atoms with E-state index in [2.05, 4.69) is 15.1 Å². The Balaban J connectivity index is 1.49. The summed E-state index contributed by atoms with van der Waals surface area (Å²) in [6.07, 6.45) is 1.57. The Bertz CT molecular complexity index is 1050. The molecule has 1 amide bonds. The van der Waals surface area contributed by atoms with Gasteiger partial charge in [-0.25, -0.2) is 0 Å². The van der Waals surface area contributed by atoms with Gasteiger partial charge in [-0.15, -0.1) is 0 Å². The number of hydrogen-bond donors (Lipinski definition) is 1. The van der Waals surface area contributed by atoms with Gasteiger partial charge in [-0.2, -0.15) is 5.10 Å². The van der Waals surface area contributed by atoms with E-state index in [4.69, 9.17) is 27.9 Å². The van der Waals surface area contributed by atoms with Gasteiger partial charge in [-0.05, 0) is 37.3 Å². The van der Waals surface area contributed by atoms with Crippen LogP contribution in [0.3, 0.4) is 0 Å². The second-order valence-corrected chi connectivity index (χ2v) is 7.78. The highest BCUT2D eigenvalue weighted by molar-refractivity contribution is 6.33. The first-order chi connectivity index (χ1) is 14.6. The zero-order chi connectivity index (χ0) is 21.1. The van der Waals surface area contributed by atoms with Crippen LogP contribution in [0.25, 0.3) is 11.3 Å². The molecule has 156 valence electrons. The molecule has 30 heavy (non-hydrogen) atoms. The average molecular weight is 445 g/mol. The van der Waals surface area contributed by atoms with Gasteiger partial charge >= 0.3 is 0 Å². The van der Waals surface area contributed by atoms with Crippen molar-refractivity contribution in [1.29, 1.82) is 0 Å². The zero-order valence-electron chi connectivity index (χ0n) is 16.6. The molecule has 1 fully saturated rings. The van der Waals surface area contributed by atoms with Crippen molar-refractivity contribution in [2.45, 2.75) is 6.92 Å². The molecule has 8 heteroatoms. The van der Waals surface area contributed by atoms with Crippen LogP contribution in [-0.4, -0.2) is 53.8 Å². The molecule has 1 aromatic heterocycles. The summed E-state index contributed by atoms with van der Waals surface area (Å²) in [5.74, 6) is 0.563. The highest BCUT2D eigenvalue weighted by atomic mass is 35.5. The van der Waals surface area contributed by atoms with Crippen molar-refractivity contribution >= 4 is 34.8 Å². The van der Waals surface area contributed by atoms with Crippen molar-refractivity contribution in [3.05, 3.63) is 64.3 Å². The third kappa shape index (κ3) is 4.11. The molecule has 0 saturated carbocycles. The van der Waals surface area contributed by atoms with Crippen molar-refractivity contribution < 1.29 is 9.53 Å². The number of hydrogen-bond acceptors (Lipinski definition) is 4. The Labute approximate surface area is 185 Å². The molecule has 0 spiro atoms. The van der Waals surface area contributed by atoms with Crippen LogP contribution in [0.15, 0.2) is 48.7 Å². The second-order valence-electron chi connectivity index (χ2n) is 6.97. The number of halogens is 2. The van der Waals surface area contributed by atoms with E-state index in [-0.39, 0.29) is 5.91 Å². The fourth-order valence-electron chi connectivity index (χ4n) is 3.63. The molecule has 4 rings (SSSR count). The van der Waals surface area contributed by atoms with Crippen LogP contribution in [0.2, 0.25) is 10.0 Å². The normalized spacial score (nSPS) is 14.1. The molecule has 0 atom stereocenters. The number of rotatable bonds is 5. The van der Waals surface area contributed by atoms with Gasteiger partial charge < -0.3 is 14.5 Å². The lowest BCUT2D eigenvalue weighted by Crippen LogP contribution is -2.48. The smallest absolute Gasteiger partial charge is 0.257 e. The first kappa shape index (κ1) is 20.6. The number of benzene rings is 2. The fourth-order valence-corrected chi connectivity index (χ4v) is 4.12. The molecule has 0 radical (unpaired) electrons. The molecule has 6 nitrogen and oxygen atoms in total. The molecule has 2 aromatic carbocycles. The molecule has 1 aliphatic heterocycles. The maximum atomic E-state index is 13.2. The van der Waals surface area contributed by atoms with E-state index in [1.54, 1.807) is 18.3 Å². The number of ether oxygens (including phenoxy) is 1. The Morgan fingerprint density at radius 3 is 2.57 bits per heavy atom. The SMILES string of the molecule is CCOc1ccc(-c2[nH]ncc2C(=O)N2CCN(c3ccccc3Cl)CC2)cc1Cl. The molecule has 1 aliphatic rings. The van der Waals surface area contributed by atoms with Gasteiger partial charge in [0.1, 0.15) is 5.75 Å². The van der Waals surface area contributed by atoms with E-state index in [1.165, 1.54) is 0 Å². The lowest BCUT2D eigenvalue weighted by Gasteiger charge is -2.36. The fraction of sp³-hybridized carbons (Fsp3) is 0.273. The van der Waals surface area contributed by atoms with Gasteiger partial charge in [0.25, 0.3) is 5.91 Å². The highest BCUT2D eigenvalue weighted by Crippen LogP contribution is 2.32. The predicted molar refractivity (Wildman–Crippen MR) is 120 cm³/mol. The third-order valence-corrected chi connectivity index (χ3v) is 5.77. The second kappa shape index (κ2) is 8.98. The molecule has 1 N–H and O–H groups in total. The Morgan fingerprint density at radius 2 is 1.87 bits per heavy atom. The number of nitrogens with one attached hydrogen (secondary N) is 1. The van der Waals surface area contributed by atoms with Gasteiger partial charge in [-0.1, -0.05) is 35.3 Å². The lowest BCUT2D eigenvalue weighted by molar-refractivity contribution is 0.0747. The summed E-state index contributed by atoms with van der Waals surface area (Å²) >= 11 is 12.6. The Kier molecular flexibility index (Phi) is 6.16. The van der Waals surface area contributed by atoms with Crippen molar-refractivity contribution in [2.75, 3.05) is 37.7 Å². The summed E-state index contributed by atoms with van der Waals surface area (Å²) in [4.78, 5) is 17.2. The minimum Gasteiger partial charge on any atom is -0.492 e. The predicted octanol–water partition coefficient (Wildman–Crippen LogP) is 4.74. The lowest BCUT2D eigenvalue weighted by atomic mass is 10.1. The summed E-state index contributed by atoms with van der Waals surface area (Å²) in [6, 6.07) is 13.2. The van der Waals surface area contributed by atoms with Crippen molar-refractivity contribution in [1.82, 2.24) is 15.1 Å². The number of aromatic amines is 1. The standard InChI is InChI=1S/C22H22Cl2N4O2/c1-2-30-20-8-7-15(13-18(20)24)21-16(14-25-26-21)22(29)28-11-9-27(10-12-28)19-6-4-3-5-17(19)23/h3-8,13-14H,2,9-12H2,1H3,(H,25,26). The number of piperazine rings is 1. The Morgan fingerprint density at radius 1 is 1.10 bits per heavy atom. The first-order valence-electron chi connectivity index (χ1n) is 9.83. The van der Waals surface area contributed by atoms with Crippen LogP contribution in [-0.2, 0) is 0 Å². The summed E-state index contributed by atoms with van der Waals surface area (Å²) in [7, 11) is 0. The highest BCUT2D eigenvalue weighted by Gasteiger charge is 2.26. The van der Waals surface area contributed by atoms with Crippen molar-refractivity contribution in [3.8, 4) is 17.0 Å². The topological polar surface area (TPSA) is 61.5 Å². The molecule has 1 saturated heterocycles. The van der Waals surface area contributed by atoms with E-state index in [0.717, 1.165) is 29.4 Å². The molecule has 0 unspecified atom stereocenters. The number of aromatic nitrogens is 2. The maximum absolute atomic E-state index is 13.2. The maximum Gasteiger partial charge on any atom is 0.257 e. The van der Waals surface area contributed by atoms with Crippen LogP contribution in [0.4, 0.5) is 5.69 Å². The average Bonchev–Trinajstić information content (AvgIpc) is 3.25. The Hall–Kier alpha value is -2.70. The number of amides is 1. The quantitative estimate of drug-likeness (QED) is 0.616. The van der Waals surface area contributed by atoms with Crippen molar-refractivity contribution in [3.63, 3.8) is 0 Å². The summed E-state index contributed by atoms with van der Waals surface area (Å²) < 4.78 is 5.49. The monoisotopic (exact) mass is 444 g/mol. The summed E-state index contributed by atoms with van der Waals surface area (Å²) in [5, 5.41) is 8.26. The van der Waals surface area contributed by atoms with E-state index in [1.807, 2.05) is 42.2 Å². The van der Waals surface area contributed by atoms with Gasteiger partial charge in [0.05, 0.1) is 39.8 Å². The largest absolute Gasteiger partial charge is 0.492 e. The number of anilines is 1. The van der Waals surface area contributed by atoms with Gasteiger partial charge in [0, 0.05) is 31.7 Å². The summed E-state index contributed by atoms with van der Waals surface area (Å²) in [5.41, 5.74) is 2.97. The zero-order valence-corrected chi connectivity index (χ0v) is 18.1. The van der Waals surface area contributed by atoms with Crippen LogP contribution < -0.4 is 9.64 Å². The molecule has 0 aliphatic carbocycles. The number of para-hydroxylation sites is 1. The number of carbonyl (C=O) groups is 1. The number of carbonyl (C=O) groups excluding carboxylic acids is 1. The molecule has 3 aromatic rings. The molecule has 0 bridgehead atoms. The minimum absolute atomic E-state index is 0.0532. The first-order valence-corrected chi connectivity index (χ1v) is 10.6. The summed E-state index contributed by atoms with van der Waals surface area (Å²) in [6.45, 7) is 5.10. The number of H-pyrrole nitrogens is 1. The van der Waals surface area contributed by atoms with E-state index in [9.17, 15) is 4.79 Å². The van der Waals surface area contributed by atoms with Crippen LogP contribution in [0, 0.1) is 0 Å². The molecule has 2 heterocycles.